The molecule has 0 saturated heterocycles. The van der Waals surface area contributed by atoms with Crippen molar-refractivity contribution in [2.24, 2.45) is 0 Å². The van der Waals surface area contributed by atoms with Crippen LogP contribution in [-0.2, 0) is 0 Å². The van der Waals surface area contributed by atoms with Gasteiger partial charge < -0.3 is 0 Å². The second-order valence-electron chi connectivity index (χ2n) is 3.84. The maximum atomic E-state index is 13.3. The Hall–Kier alpha value is -2.10. The van der Waals surface area contributed by atoms with Crippen LogP contribution in [0.2, 0.25) is 0 Å². The lowest BCUT2D eigenvalue weighted by Gasteiger charge is -2.02. The van der Waals surface area contributed by atoms with E-state index in [0.717, 1.165) is 5.69 Å². The van der Waals surface area contributed by atoms with Gasteiger partial charge in [-0.25, -0.2) is 9.37 Å². The van der Waals surface area contributed by atoms with Crippen LogP contribution in [0.3, 0.4) is 0 Å². The van der Waals surface area contributed by atoms with Crippen molar-refractivity contribution in [2.45, 2.75) is 13.8 Å². The molecule has 0 saturated carbocycles. The number of aryl methyl sites for hydroxylation is 2. The van der Waals surface area contributed by atoms with Gasteiger partial charge in [0.1, 0.15) is 11.5 Å². The topological polar surface area (TPSA) is 42.9 Å². The van der Waals surface area contributed by atoms with Crippen molar-refractivity contribution in [3.05, 3.63) is 58.9 Å². The van der Waals surface area contributed by atoms with Crippen LogP contribution >= 0.6 is 0 Å². The average molecular weight is 230 g/mol. The van der Waals surface area contributed by atoms with E-state index >= 15 is 0 Å². The van der Waals surface area contributed by atoms with Gasteiger partial charge in [0.25, 0.3) is 0 Å². The van der Waals surface area contributed by atoms with Crippen molar-refractivity contribution in [1.29, 1.82) is 0 Å². The first-order valence-electron chi connectivity index (χ1n) is 5.17. The largest absolute Gasteiger partial charge is 0.287 e. The molecular formula is C13H11FN2O. The van der Waals surface area contributed by atoms with Crippen LogP contribution in [0.5, 0.6) is 0 Å². The van der Waals surface area contributed by atoms with E-state index in [2.05, 4.69) is 9.97 Å². The van der Waals surface area contributed by atoms with Crippen molar-refractivity contribution in [1.82, 2.24) is 9.97 Å². The Morgan fingerprint density at radius 1 is 1.18 bits per heavy atom. The molecule has 1 heterocycles. The first-order chi connectivity index (χ1) is 8.08. The molecule has 0 atom stereocenters. The number of hydrogen-bond acceptors (Lipinski definition) is 3. The molecule has 0 unspecified atom stereocenters. The Labute approximate surface area is 98.3 Å². The highest BCUT2D eigenvalue weighted by atomic mass is 19.1. The lowest BCUT2D eigenvalue weighted by atomic mass is 10.1. The van der Waals surface area contributed by atoms with E-state index in [1.54, 1.807) is 26.0 Å². The number of carbonyl (C=O) groups is 1. The summed E-state index contributed by atoms with van der Waals surface area (Å²) in [5.74, 6) is -0.715. The molecule has 0 fully saturated rings. The summed E-state index contributed by atoms with van der Waals surface area (Å²) < 4.78 is 13.3. The van der Waals surface area contributed by atoms with Crippen molar-refractivity contribution in [2.75, 3.05) is 0 Å². The summed E-state index contributed by atoms with van der Waals surface area (Å²) >= 11 is 0. The van der Waals surface area contributed by atoms with Crippen LogP contribution in [0.15, 0.2) is 30.6 Å². The lowest BCUT2D eigenvalue weighted by Crippen LogP contribution is -2.05. The zero-order chi connectivity index (χ0) is 12.4. The smallest absolute Gasteiger partial charge is 0.213 e. The average Bonchev–Trinajstić information content (AvgIpc) is 2.33. The SMILES string of the molecule is Cc1cnc(C(=O)c2ccc(C)c(F)c2)cn1. The summed E-state index contributed by atoms with van der Waals surface area (Å²) in [5, 5.41) is 0. The fourth-order valence-electron chi connectivity index (χ4n) is 1.39. The lowest BCUT2D eigenvalue weighted by molar-refractivity contribution is 0.103. The predicted molar refractivity (Wildman–Crippen MR) is 61.3 cm³/mol. The van der Waals surface area contributed by atoms with Crippen LogP contribution in [0.25, 0.3) is 0 Å². The van der Waals surface area contributed by atoms with Gasteiger partial charge in [0.15, 0.2) is 0 Å². The zero-order valence-corrected chi connectivity index (χ0v) is 9.57. The molecule has 0 radical (unpaired) electrons. The molecule has 86 valence electrons. The Bertz CT molecular complexity index is 564. The van der Waals surface area contributed by atoms with E-state index in [4.69, 9.17) is 0 Å². The fourth-order valence-corrected chi connectivity index (χ4v) is 1.39. The molecule has 4 heteroatoms. The Kier molecular flexibility index (Phi) is 2.95. The molecule has 17 heavy (non-hydrogen) atoms. The molecule has 0 amide bonds. The molecule has 0 aliphatic rings. The molecule has 0 aliphatic carbocycles. The maximum Gasteiger partial charge on any atom is 0.213 e. The highest BCUT2D eigenvalue weighted by Gasteiger charge is 2.12. The summed E-state index contributed by atoms with van der Waals surface area (Å²) in [6.45, 7) is 3.43. The minimum atomic E-state index is -0.393. The third-order valence-electron chi connectivity index (χ3n) is 2.45. The monoisotopic (exact) mass is 230 g/mol. The van der Waals surface area contributed by atoms with Gasteiger partial charge in [-0.15, -0.1) is 0 Å². The van der Waals surface area contributed by atoms with Crippen molar-refractivity contribution < 1.29 is 9.18 Å². The van der Waals surface area contributed by atoms with Crippen molar-refractivity contribution in [3.8, 4) is 0 Å². The third-order valence-corrected chi connectivity index (χ3v) is 2.45. The molecule has 2 aromatic rings. The summed E-state index contributed by atoms with van der Waals surface area (Å²) in [4.78, 5) is 19.9. The van der Waals surface area contributed by atoms with Gasteiger partial charge in [0.05, 0.1) is 11.9 Å². The number of hydrogen-bond donors (Lipinski definition) is 0. The van der Waals surface area contributed by atoms with Gasteiger partial charge in [-0.2, -0.15) is 0 Å². The number of ketones is 1. The number of nitrogens with zero attached hydrogens (tertiary/aromatic N) is 2. The molecule has 1 aromatic carbocycles. The standard InChI is InChI=1S/C13H11FN2O/c1-8-3-4-10(5-11(8)14)13(17)12-7-15-9(2)6-16-12/h3-7H,1-2H3. The summed E-state index contributed by atoms with van der Waals surface area (Å²) in [6.07, 6.45) is 2.91. The van der Waals surface area contributed by atoms with Gasteiger partial charge >= 0.3 is 0 Å². The molecule has 0 spiro atoms. The Balaban J connectivity index is 2.37. The molecule has 3 nitrogen and oxygen atoms in total. The van der Waals surface area contributed by atoms with Crippen LogP contribution < -0.4 is 0 Å². The van der Waals surface area contributed by atoms with Gasteiger partial charge in [0, 0.05) is 11.8 Å². The van der Waals surface area contributed by atoms with Crippen molar-refractivity contribution >= 4 is 5.78 Å². The molecule has 1 aromatic heterocycles. The molecule has 0 aliphatic heterocycles. The van der Waals surface area contributed by atoms with Crippen LogP contribution in [0, 0.1) is 19.7 Å². The predicted octanol–water partition coefficient (Wildman–Crippen LogP) is 2.46. The second kappa shape index (κ2) is 4.41. The first-order valence-corrected chi connectivity index (χ1v) is 5.17. The number of benzene rings is 1. The summed E-state index contributed by atoms with van der Waals surface area (Å²) in [5.41, 5.74) is 1.75. The summed E-state index contributed by atoms with van der Waals surface area (Å²) in [6, 6.07) is 4.38. The quantitative estimate of drug-likeness (QED) is 0.744. The van der Waals surface area contributed by atoms with E-state index in [1.807, 2.05) is 0 Å². The molecule has 2 rings (SSSR count). The van der Waals surface area contributed by atoms with Gasteiger partial charge in [-0.05, 0) is 25.5 Å². The van der Waals surface area contributed by atoms with Crippen LogP contribution in [0.4, 0.5) is 4.39 Å². The van der Waals surface area contributed by atoms with Gasteiger partial charge in [-0.3, -0.25) is 9.78 Å². The Morgan fingerprint density at radius 2 is 1.94 bits per heavy atom. The van der Waals surface area contributed by atoms with Crippen LogP contribution in [-0.4, -0.2) is 15.8 Å². The third kappa shape index (κ3) is 2.36. The Morgan fingerprint density at radius 3 is 2.53 bits per heavy atom. The molecular weight excluding hydrogens is 219 g/mol. The van der Waals surface area contributed by atoms with E-state index in [-0.39, 0.29) is 17.0 Å². The van der Waals surface area contributed by atoms with Crippen molar-refractivity contribution in [3.63, 3.8) is 0 Å². The number of rotatable bonds is 2. The normalized spacial score (nSPS) is 10.3. The van der Waals surface area contributed by atoms with E-state index in [0.29, 0.717) is 5.56 Å². The molecule has 0 N–H and O–H groups in total. The highest BCUT2D eigenvalue weighted by molar-refractivity contribution is 6.07. The second-order valence-corrected chi connectivity index (χ2v) is 3.84. The minimum absolute atomic E-state index is 0.221. The first kappa shape index (κ1) is 11.4. The zero-order valence-electron chi connectivity index (χ0n) is 9.57. The highest BCUT2D eigenvalue weighted by Crippen LogP contribution is 2.12. The summed E-state index contributed by atoms with van der Waals surface area (Å²) in [7, 11) is 0. The van der Waals surface area contributed by atoms with E-state index < -0.39 is 5.82 Å². The minimum Gasteiger partial charge on any atom is -0.287 e. The molecule has 0 bridgehead atoms. The number of aromatic nitrogens is 2. The van der Waals surface area contributed by atoms with Gasteiger partial charge in [0.2, 0.25) is 5.78 Å². The maximum absolute atomic E-state index is 13.3. The van der Waals surface area contributed by atoms with Gasteiger partial charge in [-0.1, -0.05) is 12.1 Å². The van der Waals surface area contributed by atoms with E-state index in [9.17, 15) is 9.18 Å². The fraction of sp³-hybridized carbons (Fsp3) is 0.154. The van der Waals surface area contributed by atoms with E-state index in [1.165, 1.54) is 18.5 Å². The number of carbonyl (C=O) groups excluding carboxylic acids is 1. The van der Waals surface area contributed by atoms with Crippen LogP contribution in [0.1, 0.15) is 27.3 Å². The number of halogens is 1.